The van der Waals surface area contributed by atoms with E-state index in [0.717, 1.165) is 31.7 Å². The van der Waals surface area contributed by atoms with Gasteiger partial charge in [-0.1, -0.05) is 12.1 Å². The van der Waals surface area contributed by atoms with Gasteiger partial charge in [-0.25, -0.2) is 4.79 Å². The first kappa shape index (κ1) is 27.5. The molecule has 37 heavy (non-hydrogen) atoms. The van der Waals surface area contributed by atoms with E-state index in [1.54, 1.807) is 15.7 Å². The van der Waals surface area contributed by atoms with Crippen molar-refractivity contribution < 1.29 is 9.59 Å². The molecule has 3 fully saturated rings. The number of amides is 2. The molecule has 2 aromatic rings. The number of aromatic nitrogens is 2. The maximum absolute atomic E-state index is 12.7. The molecule has 3 saturated heterocycles. The van der Waals surface area contributed by atoms with Crippen molar-refractivity contribution in [1.29, 1.82) is 0 Å². The minimum atomic E-state index is -1.48. The second-order valence-electron chi connectivity index (χ2n) is 9.81. The molecule has 5 rings (SSSR count). The van der Waals surface area contributed by atoms with Crippen LogP contribution in [-0.2, 0) is 16.0 Å². The number of nitrogens with zero attached hydrogens (tertiary/aromatic N) is 5. The maximum Gasteiger partial charge on any atom is 0.354 e. The summed E-state index contributed by atoms with van der Waals surface area (Å²) in [6.07, 6.45) is 3.02. The predicted octanol–water partition coefficient (Wildman–Crippen LogP) is -1.10. The van der Waals surface area contributed by atoms with Crippen LogP contribution in [0.2, 0.25) is 0 Å². The standard InChI is InChI=1S/C23H31N7O2S2.CH3NO/c24-23(33,34)20(31)29-11-9-28(10-12-29)19-6-8-30(21(32)26-19)18-3-1-17(2-4-18)5-7-27-15-22(16-27)13-25-14-22;2-1-3/h1-4,6,8,25,33-34H,5,7,9-16,24H2;1H,(H2,2,3). The van der Waals surface area contributed by atoms with E-state index in [1.165, 1.54) is 18.7 Å². The summed E-state index contributed by atoms with van der Waals surface area (Å²) >= 11 is 8.07. The smallest absolute Gasteiger partial charge is 0.354 e. The van der Waals surface area contributed by atoms with E-state index in [1.807, 2.05) is 23.1 Å². The minimum absolute atomic E-state index is 0.250. The van der Waals surface area contributed by atoms with E-state index in [2.05, 4.69) is 58.3 Å². The van der Waals surface area contributed by atoms with Crippen molar-refractivity contribution >= 4 is 43.4 Å². The number of nitrogens with two attached hydrogens (primary N) is 2. The van der Waals surface area contributed by atoms with Gasteiger partial charge in [0, 0.05) is 70.5 Å². The van der Waals surface area contributed by atoms with E-state index in [4.69, 9.17) is 10.5 Å². The summed E-state index contributed by atoms with van der Waals surface area (Å²) in [7, 11) is 0. The number of hydrogen-bond donors (Lipinski definition) is 5. The van der Waals surface area contributed by atoms with Crippen LogP contribution in [-0.4, -0.2) is 94.8 Å². The zero-order chi connectivity index (χ0) is 26.6. The van der Waals surface area contributed by atoms with Gasteiger partial charge in [-0.2, -0.15) is 4.98 Å². The van der Waals surface area contributed by atoms with Gasteiger partial charge in [-0.15, -0.1) is 25.3 Å². The van der Waals surface area contributed by atoms with Crippen LogP contribution in [0.4, 0.5) is 5.82 Å². The molecule has 0 atom stereocenters. The highest BCUT2D eigenvalue weighted by atomic mass is 32.2. The Morgan fingerprint density at radius 2 is 1.73 bits per heavy atom. The number of thiol groups is 2. The third-order valence-corrected chi connectivity index (χ3v) is 7.43. The molecule has 11 nitrogen and oxygen atoms in total. The number of carbonyl (C=O) groups excluding carboxylic acids is 2. The number of piperazine rings is 1. The van der Waals surface area contributed by atoms with Crippen LogP contribution >= 0.6 is 25.3 Å². The van der Waals surface area contributed by atoms with Gasteiger partial charge in [0.15, 0.2) is 4.20 Å². The van der Waals surface area contributed by atoms with Crippen LogP contribution in [0.1, 0.15) is 5.56 Å². The summed E-state index contributed by atoms with van der Waals surface area (Å²) in [6, 6.07) is 9.97. The van der Waals surface area contributed by atoms with E-state index in [-0.39, 0.29) is 18.0 Å². The molecule has 0 unspecified atom stereocenters. The second-order valence-corrected chi connectivity index (χ2v) is 11.6. The molecule has 0 saturated carbocycles. The SMILES string of the molecule is NC(S)(S)C(=O)N1CCN(c2ccn(-c3ccc(CCN4CC5(CNC5)C4)cc3)c(=O)n2)CC1.NC=O. The molecule has 0 bridgehead atoms. The molecule has 1 spiro atoms. The van der Waals surface area contributed by atoms with Gasteiger partial charge in [0.25, 0.3) is 5.91 Å². The Morgan fingerprint density at radius 1 is 1.11 bits per heavy atom. The van der Waals surface area contributed by atoms with Crippen molar-refractivity contribution in [1.82, 2.24) is 24.7 Å². The summed E-state index contributed by atoms with van der Waals surface area (Å²) in [4.78, 5) is 44.0. The van der Waals surface area contributed by atoms with Gasteiger partial charge in [0.1, 0.15) is 5.82 Å². The third-order valence-electron chi connectivity index (χ3n) is 7.04. The lowest BCUT2D eigenvalue weighted by atomic mass is 9.74. The molecule has 3 aliphatic heterocycles. The normalized spacial score (nSPS) is 18.9. The summed E-state index contributed by atoms with van der Waals surface area (Å²) in [5.41, 5.74) is 12.1. The Bertz CT molecular complexity index is 1150. The van der Waals surface area contributed by atoms with E-state index < -0.39 is 4.20 Å². The lowest BCUT2D eigenvalue weighted by Crippen LogP contribution is -2.71. The molecule has 200 valence electrons. The Hall–Kier alpha value is -2.58. The predicted molar refractivity (Wildman–Crippen MR) is 149 cm³/mol. The molecule has 13 heteroatoms. The van der Waals surface area contributed by atoms with E-state index in [0.29, 0.717) is 37.4 Å². The average molecular weight is 547 g/mol. The molecule has 1 aromatic carbocycles. The molecule has 0 radical (unpaired) electrons. The molecular formula is C24H34N8O3S2. The topological polar surface area (TPSA) is 143 Å². The fourth-order valence-electron chi connectivity index (χ4n) is 5.01. The fraction of sp³-hybridized carbons (Fsp3) is 0.500. The van der Waals surface area contributed by atoms with E-state index >= 15 is 0 Å². The monoisotopic (exact) mass is 546 g/mol. The number of benzene rings is 1. The average Bonchev–Trinajstić information content (AvgIpc) is 2.82. The van der Waals surface area contributed by atoms with Crippen LogP contribution < -0.4 is 27.4 Å². The molecule has 3 aliphatic rings. The summed E-state index contributed by atoms with van der Waals surface area (Å²) in [5.74, 6) is 0.282. The molecular weight excluding hydrogens is 512 g/mol. The number of anilines is 1. The molecule has 0 aliphatic carbocycles. The van der Waals surface area contributed by atoms with E-state index in [9.17, 15) is 9.59 Å². The zero-order valence-electron chi connectivity index (χ0n) is 20.6. The first-order chi connectivity index (χ1) is 17.6. The van der Waals surface area contributed by atoms with Crippen LogP contribution in [0.25, 0.3) is 5.69 Å². The van der Waals surface area contributed by atoms with Gasteiger partial charge in [0.05, 0.1) is 5.69 Å². The van der Waals surface area contributed by atoms with Crippen molar-refractivity contribution in [3.05, 3.63) is 52.6 Å². The number of rotatable bonds is 6. The molecule has 5 N–H and O–H groups in total. The van der Waals surface area contributed by atoms with Gasteiger partial charge in [-0.3, -0.25) is 14.2 Å². The highest BCUT2D eigenvalue weighted by molar-refractivity contribution is 8.01. The highest BCUT2D eigenvalue weighted by Gasteiger charge is 2.46. The second kappa shape index (κ2) is 11.4. The maximum atomic E-state index is 12.7. The van der Waals surface area contributed by atoms with Gasteiger partial charge < -0.3 is 31.5 Å². The number of hydrogen-bond acceptors (Lipinski definition) is 10. The number of nitrogens with one attached hydrogen (secondary N) is 1. The van der Waals surface area contributed by atoms with Gasteiger partial charge in [-0.05, 0) is 30.2 Å². The minimum Gasteiger partial charge on any atom is -0.372 e. The van der Waals surface area contributed by atoms with Crippen molar-refractivity contribution in [3.8, 4) is 5.69 Å². The highest BCUT2D eigenvalue weighted by Crippen LogP contribution is 2.33. The lowest BCUT2D eigenvalue weighted by molar-refractivity contribution is -0.131. The number of primary amides is 1. The summed E-state index contributed by atoms with van der Waals surface area (Å²) < 4.78 is 0.0717. The van der Waals surface area contributed by atoms with Crippen LogP contribution in [0, 0.1) is 5.41 Å². The third kappa shape index (κ3) is 6.47. The zero-order valence-corrected chi connectivity index (χ0v) is 22.4. The van der Waals surface area contributed by atoms with Crippen molar-refractivity contribution in [3.63, 3.8) is 0 Å². The Labute approximate surface area is 227 Å². The lowest BCUT2D eigenvalue weighted by Gasteiger charge is -2.56. The van der Waals surface area contributed by atoms with Crippen LogP contribution in [0.15, 0.2) is 41.3 Å². The van der Waals surface area contributed by atoms with Crippen LogP contribution in [0.5, 0.6) is 0 Å². The number of likely N-dealkylation sites (tertiary alicyclic amines) is 1. The van der Waals surface area contributed by atoms with Gasteiger partial charge in [0.2, 0.25) is 6.41 Å². The Kier molecular flexibility index (Phi) is 8.49. The van der Waals surface area contributed by atoms with Gasteiger partial charge >= 0.3 is 5.69 Å². The number of carbonyl (C=O) groups is 2. The summed E-state index contributed by atoms with van der Waals surface area (Å²) in [5, 5.41) is 3.37. The molecule has 1 aromatic heterocycles. The quantitative estimate of drug-likeness (QED) is 0.175. The molecule has 4 heterocycles. The first-order valence-corrected chi connectivity index (χ1v) is 13.1. The van der Waals surface area contributed by atoms with Crippen LogP contribution in [0.3, 0.4) is 0 Å². The van der Waals surface area contributed by atoms with Crippen molar-refractivity contribution in [2.24, 2.45) is 16.9 Å². The largest absolute Gasteiger partial charge is 0.372 e. The van der Waals surface area contributed by atoms with Crippen molar-refractivity contribution in [2.75, 3.05) is 63.8 Å². The fourth-order valence-corrected chi connectivity index (χ4v) is 5.29. The Morgan fingerprint density at radius 3 is 2.24 bits per heavy atom. The van der Waals surface area contributed by atoms with Crippen molar-refractivity contribution in [2.45, 2.75) is 10.6 Å². The summed E-state index contributed by atoms with van der Waals surface area (Å²) in [6.45, 7) is 7.87. The molecule has 2 amide bonds. The Balaban J connectivity index is 0.00000102. The first-order valence-electron chi connectivity index (χ1n) is 12.2.